The van der Waals surface area contributed by atoms with Crippen molar-refractivity contribution in [3.05, 3.63) is 77.6 Å². The van der Waals surface area contributed by atoms with Gasteiger partial charge in [-0.05, 0) is 42.3 Å². The predicted molar refractivity (Wildman–Crippen MR) is 96.8 cm³/mol. The molecule has 0 aliphatic carbocycles. The van der Waals surface area contributed by atoms with Crippen LogP contribution in [-0.4, -0.2) is 10.1 Å². The second-order valence-electron chi connectivity index (χ2n) is 6.09. The van der Waals surface area contributed by atoms with E-state index in [0.29, 0.717) is 0 Å². The second-order valence-corrected chi connectivity index (χ2v) is 6.09. The number of nitrogens with one attached hydrogen (secondary N) is 2. The number of rotatable bonds is 3. The largest absolute Gasteiger partial charge is 0.392 e. The normalized spacial score (nSPS) is 15.2. The summed E-state index contributed by atoms with van der Waals surface area (Å²) in [5.41, 5.74) is 7.56. The molecular formula is C20H19N3O. The van der Waals surface area contributed by atoms with Crippen LogP contribution in [-0.2, 0) is 6.61 Å². The summed E-state index contributed by atoms with van der Waals surface area (Å²) in [5.74, 6) is 0. The number of pyridine rings is 1. The standard InChI is InChI=1S/C20H19N3O/c1-13-3-2-4-15(9-13)22-20-17-7-8-21-11-18(17)16-6-5-14(12-24)10-19(16)23-20/h2-11,20,22-24H,12H2,1H3. The molecule has 4 nitrogen and oxygen atoms in total. The highest BCUT2D eigenvalue weighted by atomic mass is 16.3. The number of fused-ring (bicyclic) bond motifs is 3. The zero-order valence-corrected chi connectivity index (χ0v) is 13.5. The molecule has 120 valence electrons. The van der Waals surface area contributed by atoms with E-state index in [-0.39, 0.29) is 12.8 Å². The van der Waals surface area contributed by atoms with Gasteiger partial charge in [0.1, 0.15) is 6.17 Å². The lowest BCUT2D eigenvalue weighted by molar-refractivity contribution is 0.282. The molecule has 0 amide bonds. The summed E-state index contributed by atoms with van der Waals surface area (Å²) in [4.78, 5) is 4.29. The van der Waals surface area contributed by atoms with Crippen molar-refractivity contribution < 1.29 is 5.11 Å². The van der Waals surface area contributed by atoms with Crippen LogP contribution >= 0.6 is 0 Å². The number of aliphatic hydroxyl groups is 1. The van der Waals surface area contributed by atoms with Gasteiger partial charge in [-0.1, -0.05) is 24.3 Å². The molecule has 24 heavy (non-hydrogen) atoms. The molecule has 1 aliphatic rings. The number of aromatic nitrogens is 1. The van der Waals surface area contributed by atoms with Crippen LogP contribution in [0.2, 0.25) is 0 Å². The molecule has 1 aliphatic heterocycles. The second kappa shape index (κ2) is 5.98. The Kier molecular flexibility index (Phi) is 3.67. The molecule has 2 aromatic carbocycles. The third-order valence-electron chi connectivity index (χ3n) is 4.35. The molecular weight excluding hydrogens is 298 g/mol. The fourth-order valence-electron chi connectivity index (χ4n) is 3.17. The Bertz CT molecular complexity index is 892. The minimum atomic E-state index is -0.0498. The van der Waals surface area contributed by atoms with Gasteiger partial charge in [0.25, 0.3) is 0 Å². The average molecular weight is 317 g/mol. The Morgan fingerprint density at radius 3 is 2.88 bits per heavy atom. The summed E-state index contributed by atoms with van der Waals surface area (Å²) in [6, 6.07) is 16.3. The number of benzene rings is 2. The van der Waals surface area contributed by atoms with Gasteiger partial charge in [-0.2, -0.15) is 0 Å². The van der Waals surface area contributed by atoms with E-state index >= 15 is 0 Å². The van der Waals surface area contributed by atoms with Crippen molar-refractivity contribution in [3.63, 3.8) is 0 Å². The monoisotopic (exact) mass is 317 g/mol. The van der Waals surface area contributed by atoms with E-state index in [0.717, 1.165) is 33.6 Å². The Labute approximate surface area is 141 Å². The molecule has 3 aromatic rings. The number of nitrogens with zero attached hydrogens (tertiary/aromatic N) is 1. The van der Waals surface area contributed by atoms with Crippen LogP contribution in [0.1, 0.15) is 22.9 Å². The van der Waals surface area contributed by atoms with Gasteiger partial charge in [0.05, 0.1) is 6.61 Å². The van der Waals surface area contributed by atoms with Gasteiger partial charge >= 0.3 is 0 Å². The van der Waals surface area contributed by atoms with Crippen molar-refractivity contribution in [2.75, 3.05) is 10.6 Å². The van der Waals surface area contributed by atoms with Gasteiger partial charge in [0.2, 0.25) is 0 Å². The first-order valence-corrected chi connectivity index (χ1v) is 8.02. The number of hydrogen-bond donors (Lipinski definition) is 3. The van der Waals surface area contributed by atoms with Gasteiger partial charge in [-0.15, -0.1) is 0 Å². The maximum Gasteiger partial charge on any atom is 0.124 e. The van der Waals surface area contributed by atoms with Crippen molar-refractivity contribution in [3.8, 4) is 11.1 Å². The van der Waals surface area contributed by atoms with E-state index in [1.807, 2.05) is 42.7 Å². The van der Waals surface area contributed by atoms with E-state index in [2.05, 4.69) is 40.7 Å². The maximum absolute atomic E-state index is 9.41. The fourth-order valence-corrected chi connectivity index (χ4v) is 3.17. The van der Waals surface area contributed by atoms with Crippen molar-refractivity contribution in [2.24, 2.45) is 0 Å². The third-order valence-corrected chi connectivity index (χ3v) is 4.35. The molecule has 0 bridgehead atoms. The van der Waals surface area contributed by atoms with Gasteiger partial charge in [0, 0.05) is 40.5 Å². The third kappa shape index (κ3) is 2.61. The molecule has 0 radical (unpaired) electrons. The van der Waals surface area contributed by atoms with E-state index in [1.54, 1.807) is 0 Å². The lowest BCUT2D eigenvalue weighted by atomic mass is 9.93. The van der Waals surface area contributed by atoms with Gasteiger partial charge < -0.3 is 15.7 Å². The van der Waals surface area contributed by atoms with Crippen LogP contribution in [0.3, 0.4) is 0 Å². The Morgan fingerprint density at radius 2 is 2.04 bits per heavy atom. The van der Waals surface area contributed by atoms with Crippen LogP contribution < -0.4 is 10.6 Å². The highest BCUT2D eigenvalue weighted by Crippen LogP contribution is 2.40. The summed E-state index contributed by atoms with van der Waals surface area (Å²) in [6.07, 6.45) is 3.67. The summed E-state index contributed by atoms with van der Waals surface area (Å²) in [6.45, 7) is 2.12. The molecule has 0 saturated heterocycles. The highest BCUT2D eigenvalue weighted by molar-refractivity contribution is 5.84. The van der Waals surface area contributed by atoms with Gasteiger partial charge in [-0.25, -0.2) is 0 Å². The van der Waals surface area contributed by atoms with E-state index in [1.165, 1.54) is 5.56 Å². The molecule has 1 atom stereocenters. The van der Waals surface area contributed by atoms with Crippen molar-refractivity contribution in [1.82, 2.24) is 4.98 Å². The van der Waals surface area contributed by atoms with E-state index < -0.39 is 0 Å². The summed E-state index contributed by atoms with van der Waals surface area (Å²) in [5, 5.41) is 16.5. The van der Waals surface area contributed by atoms with Gasteiger partial charge in [0.15, 0.2) is 0 Å². The lowest BCUT2D eigenvalue weighted by Crippen LogP contribution is -2.24. The summed E-state index contributed by atoms with van der Waals surface area (Å²) in [7, 11) is 0. The Balaban J connectivity index is 1.76. The van der Waals surface area contributed by atoms with Gasteiger partial charge in [-0.3, -0.25) is 4.98 Å². The van der Waals surface area contributed by atoms with Crippen LogP contribution in [0.4, 0.5) is 11.4 Å². The number of aryl methyl sites for hydroxylation is 1. The molecule has 0 spiro atoms. The first kappa shape index (κ1) is 14.7. The van der Waals surface area contributed by atoms with Crippen molar-refractivity contribution >= 4 is 11.4 Å². The molecule has 3 N–H and O–H groups in total. The average Bonchev–Trinajstić information content (AvgIpc) is 2.61. The van der Waals surface area contributed by atoms with Crippen LogP contribution in [0, 0.1) is 6.92 Å². The van der Waals surface area contributed by atoms with Crippen molar-refractivity contribution in [2.45, 2.75) is 19.7 Å². The molecule has 4 rings (SSSR count). The van der Waals surface area contributed by atoms with Crippen molar-refractivity contribution in [1.29, 1.82) is 0 Å². The minimum Gasteiger partial charge on any atom is -0.392 e. The van der Waals surface area contributed by atoms with Crippen LogP contribution in [0.25, 0.3) is 11.1 Å². The lowest BCUT2D eigenvalue weighted by Gasteiger charge is -2.31. The molecule has 2 heterocycles. The minimum absolute atomic E-state index is 0.0326. The molecule has 4 heteroatoms. The topological polar surface area (TPSA) is 57.2 Å². The van der Waals surface area contributed by atoms with Crippen LogP contribution in [0.5, 0.6) is 0 Å². The SMILES string of the molecule is Cc1cccc(NC2Nc3cc(CO)ccc3-c3cnccc32)c1. The molecule has 1 aromatic heterocycles. The van der Waals surface area contributed by atoms with E-state index in [4.69, 9.17) is 0 Å². The molecule has 0 saturated carbocycles. The van der Waals surface area contributed by atoms with E-state index in [9.17, 15) is 5.11 Å². The number of hydrogen-bond acceptors (Lipinski definition) is 4. The Hall–Kier alpha value is -2.85. The maximum atomic E-state index is 9.41. The smallest absolute Gasteiger partial charge is 0.124 e. The first-order chi connectivity index (χ1) is 11.7. The fraction of sp³-hybridized carbons (Fsp3) is 0.150. The summed E-state index contributed by atoms with van der Waals surface area (Å²) >= 11 is 0. The molecule has 1 unspecified atom stereocenters. The van der Waals surface area contributed by atoms with Crippen LogP contribution in [0.15, 0.2) is 60.9 Å². The number of anilines is 2. The zero-order valence-electron chi connectivity index (χ0n) is 13.5. The first-order valence-electron chi connectivity index (χ1n) is 8.02. The molecule has 0 fully saturated rings. The quantitative estimate of drug-likeness (QED) is 0.681. The Morgan fingerprint density at radius 1 is 1.12 bits per heavy atom. The zero-order chi connectivity index (χ0) is 16.5. The number of aliphatic hydroxyl groups excluding tert-OH is 1. The highest BCUT2D eigenvalue weighted by Gasteiger charge is 2.24. The summed E-state index contributed by atoms with van der Waals surface area (Å²) < 4.78 is 0. The predicted octanol–water partition coefficient (Wildman–Crippen LogP) is 4.09.